The van der Waals surface area contributed by atoms with Gasteiger partial charge in [0.05, 0.1) is 30.3 Å². The predicted octanol–water partition coefficient (Wildman–Crippen LogP) is 6.33. The van der Waals surface area contributed by atoms with Crippen molar-refractivity contribution in [2.75, 3.05) is 20.2 Å². The molecule has 21 atom stereocenters. The molecule has 0 aromatic heterocycles. The van der Waals surface area contributed by atoms with Crippen molar-refractivity contribution in [3.63, 3.8) is 0 Å². The van der Waals surface area contributed by atoms with E-state index in [9.17, 15) is 49.5 Å². The van der Waals surface area contributed by atoms with Gasteiger partial charge in [0, 0.05) is 81.9 Å². The van der Waals surface area contributed by atoms with Crippen molar-refractivity contribution in [2.45, 2.75) is 225 Å². The third-order valence-corrected chi connectivity index (χ3v) is 18.6. The zero-order chi connectivity index (χ0) is 55.3. The number of esters is 4. The molecule has 2 heterocycles. The van der Waals surface area contributed by atoms with E-state index in [2.05, 4.69) is 0 Å². The van der Waals surface area contributed by atoms with Crippen LogP contribution in [-0.4, -0.2) is 158 Å². The average Bonchev–Trinajstić information content (AvgIpc) is 3.52. The summed E-state index contributed by atoms with van der Waals surface area (Å²) in [6, 6.07) is -0.624. The number of hydrogen-bond donors (Lipinski definition) is 5. The number of carbonyl (C=O) groups excluding carboxylic acids is 5. The number of hydrogen-bond acceptors (Lipinski definition) is 17. The molecule has 2 aliphatic heterocycles. The summed E-state index contributed by atoms with van der Waals surface area (Å²) < 4.78 is 54.1. The maximum Gasteiger partial charge on any atom is 0.338 e. The van der Waals surface area contributed by atoms with Crippen LogP contribution in [0.25, 0.3) is 0 Å². The first-order chi connectivity index (χ1) is 34.3. The number of carbonyl (C=O) groups is 5. The summed E-state index contributed by atoms with van der Waals surface area (Å²) >= 11 is 0. The van der Waals surface area contributed by atoms with E-state index in [4.69, 9.17) is 28.4 Å². The Balaban J connectivity index is 0.00000520. The van der Waals surface area contributed by atoms with Gasteiger partial charge in [0.1, 0.15) is 23.9 Å². The van der Waals surface area contributed by atoms with Crippen LogP contribution in [0.1, 0.15) is 147 Å². The summed E-state index contributed by atoms with van der Waals surface area (Å²) in [4.78, 5) is 68.9. The van der Waals surface area contributed by atoms with E-state index < -0.39 is 136 Å². The molecule has 0 radical (unpaired) electrons. The minimum absolute atomic E-state index is 0. The molecular formula is C58H93FNO16W-3. The van der Waals surface area contributed by atoms with Gasteiger partial charge >= 0.3 is 17.9 Å². The molecular weight excluding hydrogens is 1170 g/mol. The number of nitrogens with zero attached hydrogens (tertiary/aromatic N) is 1. The average molecular weight is 1260 g/mol. The van der Waals surface area contributed by atoms with E-state index in [-0.39, 0.29) is 98.9 Å². The van der Waals surface area contributed by atoms with E-state index in [1.54, 1.807) is 68.0 Å². The normalized spacial score (nSPS) is 44.6. The summed E-state index contributed by atoms with van der Waals surface area (Å²) in [5.41, 5.74) is -9.67. The molecule has 0 bridgehead atoms. The van der Waals surface area contributed by atoms with Gasteiger partial charge in [-0.05, 0) is 130 Å². The number of alkyl halides is 1. The fourth-order valence-electron chi connectivity index (χ4n) is 14.3. The van der Waals surface area contributed by atoms with Gasteiger partial charge in [-0.3, -0.25) is 25.6 Å². The summed E-state index contributed by atoms with van der Waals surface area (Å²) in [5.74, 6) is -7.60. The van der Waals surface area contributed by atoms with Crippen molar-refractivity contribution < 1.29 is 103 Å². The SMILES string of the molecule is CC[C@H]1OC(=O)[C@H](C)[C@@H](OC(=O)CCCCOC(=O)[C@@]2(O)[C@H](C)CC3C4CCC5=CC(=O)C=C[C@]5(C)[C@@]4(F)[C@@H](O)C[C@@]32C)[C@H](C)[C@@H](O[C@@H]2O[C@H](C)C[CH-][C@H]2OC(C)=O)[C@](C)(O)C[C@@H](C)CN(C)[C@H](C)[C@@H](O)[C@]1(C)O.[CH3-].[CH3-].[W]. The molecule has 5 fully saturated rings. The molecule has 0 aromatic rings. The Hall–Kier alpha value is -2.67. The van der Waals surface area contributed by atoms with Gasteiger partial charge in [0.15, 0.2) is 23.3 Å². The molecule has 6 rings (SSSR count). The van der Waals surface area contributed by atoms with Gasteiger partial charge in [0.25, 0.3) is 5.97 Å². The summed E-state index contributed by atoms with van der Waals surface area (Å²) in [6.45, 7) is 19.9. The van der Waals surface area contributed by atoms with Gasteiger partial charge in [-0.15, -0.1) is 6.42 Å². The Bertz CT molecular complexity index is 2140. The van der Waals surface area contributed by atoms with Crippen LogP contribution in [0.5, 0.6) is 0 Å². The first kappa shape index (κ1) is 68.6. The van der Waals surface area contributed by atoms with E-state index >= 15 is 4.39 Å². The number of unbranched alkanes of at least 4 members (excludes halogenated alkanes) is 1. The van der Waals surface area contributed by atoms with Gasteiger partial charge in [-0.1, -0.05) is 46.3 Å². The summed E-state index contributed by atoms with van der Waals surface area (Å²) in [5, 5.41) is 60.1. The second-order valence-electron chi connectivity index (χ2n) is 24.1. The third kappa shape index (κ3) is 13.0. The Labute approximate surface area is 472 Å². The number of ether oxygens (including phenoxy) is 6. The van der Waals surface area contributed by atoms with Crippen LogP contribution in [0.15, 0.2) is 23.8 Å². The molecule has 0 aromatic carbocycles. The maximum atomic E-state index is 17.7. The smallest absolute Gasteiger partial charge is 0.338 e. The van der Waals surface area contributed by atoms with Crippen LogP contribution in [0.3, 0.4) is 0 Å². The molecule has 0 spiro atoms. The number of rotatable bonds is 11. The first-order valence-corrected chi connectivity index (χ1v) is 27.1. The number of aliphatic hydroxyl groups is 5. The largest absolute Gasteiger partial charge is 0.490 e. The monoisotopic (exact) mass is 1260 g/mol. The molecule has 442 valence electrons. The number of aliphatic hydroxyl groups excluding tert-OH is 2. The second-order valence-corrected chi connectivity index (χ2v) is 24.1. The molecule has 0 amide bonds. The zero-order valence-corrected chi connectivity index (χ0v) is 51.3. The van der Waals surface area contributed by atoms with Crippen molar-refractivity contribution >= 4 is 29.7 Å². The Kier molecular flexibility index (Phi) is 23.2. The zero-order valence-electron chi connectivity index (χ0n) is 48.4. The van der Waals surface area contributed by atoms with Crippen LogP contribution in [0, 0.1) is 67.6 Å². The minimum Gasteiger partial charge on any atom is -0.490 e. The predicted molar refractivity (Wildman–Crippen MR) is 281 cm³/mol. The van der Waals surface area contributed by atoms with Crippen LogP contribution in [0.4, 0.5) is 4.39 Å². The Morgan fingerprint density at radius 2 is 1.60 bits per heavy atom. The number of ketones is 1. The Morgan fingerprint density at radius 1 is 0.948 bits per heavy atom. The third-order valence-electron chi connectivity index (χ3n) is 18.6. The number of allylic oxidation sites excluding steroid dienone is 4. The van der Waals surface area contributed by atoms with Gasteiger partial charge in [0.2, 0.25) is 0 Å². The van der Waals surface area contributed by atoms with E-state index in [1.165, 1.54) is 32.9 Å². The van der Waals surface area contributed by atoms with E-state index in [0.717, 1.165) is 0 Å². The van der Waals surface area contributed by atoms with Crippen molar-refractivity contribution in [3.05, 3.63) is 45.1 Å². The van der Waals surface area contributed by atoms with Crippen molar-refractivity contribution in [1.29, 1.82) is 0 Å². The molecule has 6 aliphatic rings. The molecule has 5 N–H and O–H groups in total. The summed E-state index contributed by atoms with van der Waals surface area (Å²) in [6.07, 6.45) is -1.42. The molecule has 3 saturated carbocycles. The van der Waals surface area contributed by atoms with Gasteiger partial charge in [-0.25, -0.2) is 9.18 Å². The van der Waals surface area contributed by atoms with Gasteiger partial charge in [-0.2, -0.15) is 0 Å². The van der Waals surface area contributed by atoms with Crippen LogP contribution in [-0.2, 0) is 73.5 Å². The van der Waals surface area contributed by atoms with Crippen LogP contribution >= 0.6 is 0 Å². The van der Waals surface area contributed by atoms with Crippen molar-refractivity contribution in [3.8, 4) is 0 Å². The minimum atomic E-state index is -2.14. The number of cyclic esters (lactones) is 1. The number of likely N-dealkylation sites (N-methyl/N-ethyl adjacent to an activating group) is 1. The van der Waals surface area contributed by atoms with Crippen molar-refractivity contribution in [2.24, 2.45) is 46.3 Å². The Morgan fingerprint density at radius 3 is 2.22 bits per heavy atom. The number of fused-ring (bicyclic) bond motifs is 5. The molecule has 2 unspecified atom stereocenters. The molecule has 19 heteroatoms. The van der Waals surface area contributed by atoms with Crippen LogP contribution in [0.2, 0.25) is 0 Å². The standard InChI is InChI=1S/C56H87FNO16.2CH3.W/c1-14-43-54(12,67)46(63)35(7)58(13)29-30(2)27-53(11,66)47(74-49-41(71-36(8)59)21-18-32(4)70-49)33(5)45(34(6)48(64)72-43)73-44(62)17-15-16-24-69-50(65)56(68)31(3)25-40-39-20-19-37-26-38(60)22-23-51(37,9)55(39,57)42(61)28-52(40,56)10;;;/h21-23,26,30-35,39-43,45-47,49,61,63,66-68H,14-20,24-25,27-29H2,1-13H3;2*1H3;/q3*-1;/t30-,31-,32-,33+,34-,35-,39?,40?,41-,42+,43-,45+,46-,47-,49+,51+,52+,53-,54-,55+,56+;;;/m1.../s1. The molecule has 2 saturated heterocycles. The van der Waals surface area contributed by atoms with E-state index in [0.29, 0.717) is 37.8 Å². The number of halogens is 1. The summed E-state index contributed by atoms with van der Waals surface area (Å²) in [7, 11) is 1.78. The van der Waals surface area contributed by atoms with Crippen LogP contribution < -0.4 is 0 Å². The van der Waals surface area contributed by atoms with E-state index in [1.807, 2.05) is 18.7 Å². The quantitative estimate of drug-likeness (QED) is 0.0657. The van der Waals surface area contributed by atoms with Crippen molar-refractivity contribution in [1.82, 2.24) is 4.90 Å². The van der Waals surface area contributed by atoms with Gasteiger partial charge < -0.3 is 73.7 Å². The molecule has 4 aliphatic carbocycles. The fourth-order valence-corrected chi connectivity index (χ4v) is 14.3. The fraction of sp³-hybridized carbons (Fsp3) is 0.793. The topological polar surface area (TPSA) is 245 Å². The first-order valence-electron chi connectivity index (χ1n) is 27.1. The molecule has 17 nitrogen and oxygen atoms in total. The second kappa shape index (κ2) is 26.1. The maximum absolute atomic E-state index is 17.7. The molecule has 77 heavy (non-hydrogen) atoms.